The molecule has 0 saturated carbocycles. The lowest BCUT2D eigenvalue weighted by Crippen LogP contribution is -2.51. The highest BCUT2D eigenvalue weighted by molar-refractivity contribution is 6.09. The third-order valence-corrected chi connectivity index (χ3v) is 11.4. The molecule has 0 fully saturated rings. The van der Waals surface area contributed by atoms with E-state index < -0.39 is 70.9 Å². The molecule has 0 saturated heterocycles. The van der Waals surface area contributed by atoms with Gasteiger partial charge in [0.25, 0.3) is 11.8 Å². The molecule has 12 nitrogen and oxygen atoms in total. The second kappa shape index (κ2) is 21.9. The normalized spacial score (nSPS) is 13.2. The van der Waals surface area contributed by atoms with Gasteiger partial charge >= 0.3 is 11.9 Å². The molecule has 0 bridgehead atoms. The number of benzene rings is 7. The number of carbonyl (C=O) groups is 6. The molecule has 4 amide bonds. The summed E-state index contributed by atoms with van der Waals surface area (Å²) in [5.74, 6) is -4.24. The van der Waals surface area contributed by atoms with Gasteiger partial charge in [0.1, 0.15) is 23.3 Å². The smallest absolute Gasteiger partial charge is 0.333 e. The van der Waals surface area contributed by atoms with Gasteiger partial charge in [-0.25, -0.2) is 9.59 Å². The van der Waals surface area contributed by atoms with E-state index in [1.165, 1.54) is 12.1 Å². The molecular formula is C58H58N4O8. The van der Waals surface area contributed by atoms with Crippen LogP contribution in [0, 0.1) is 0 Å². The van der Waals surface area contributed by atoms with Crippen molar-refractivity contribution in [3.05, 3.63) is 203 Å². The largest absolute Gasteiger partial charge is 0.458 e. The predicted molar refractivity (Wildman–Crippen MR) is 271 cm³/mol. The van der Waals surface area contributed by atoms with Gasteiger partial charge < -0.3 is 30.7 Å². The zero-order valence-electron chi connectivity index (χ0n) is 40.2. The van der Waals surface area contributed by atoms with Crippen molar-refractivity contribution >= 4 is 57.1 Å². The molecule has 7 rings (SSSR count). The van der Waals surface area contributed by atoms with E-state index in [2.05, 4.69) is 21.3 Å². The molecule has 0 aliphatic heterocycles. The van der Waals surface area contributed by atoms with E-state index in [1.54, 1.807) is 114 Å². The Labute approximate surface area is 408 Å². The Kier molecular flexibility index (Phi) is 15.6. The maximum atomic E-state index is 14.7. The number of carbonyl (C=O) groups excluding carboxylic acids is 6. The Balaban J connectivity index is 1.21. The van der Waals surface area contributed by atoms with Crippen molar-refractivity contribution in [3.8, 4) is 0 Å². The third kappa shape index (κ3) is 12.9. The van der Waals surface area contributed by atoms with Gasteiger partial charge in [-0.2, -0.15) is 0 Å². The number of hydrogen-bond donors (Lipinski definition) is 4. The van der Waals surface area contributed by atoms with E-state index in [0.717, 1.165) is 32.7 Å². The fourth-order valence-electron chi connectivity index (χ4n) is 8.21. The number of esters is 2. The summed E-state index contributed by atoms with van der Waals surface area (Å²) < 4.78 is 11.5. The average molecular weight is 939 g/mol. The Morgan fingerprint density at radius 1 is 0.400 bits per heavy atom. The molecule has 0 heterocycles. The lowest BCUT2D eigenvalue weighted by atomic mass is 9.96. The zero-order valence-corrected chi connectivity index (χ0v) is 40.2. The van der Waals surface area contributed by atoms with Crippen molar-refractivity contribution in [3.63, 3.8) is 0 Å². The maximum Gasteiger partial charge on any atom is 0.333 e. The van der Waals surface area contributed by atoms with E-state index in [9.17, 15) is 28.8 Å². The van der Waals surface area contributed by atoms with Gasteiger partial charge in [-0.1, -0.05) is 158 Å². The van der Waals surface area contributed by atoms with Crippen molar-refractivity contribution in [2.75, 3.05) is 0 Å². The van der Waals surface area contributed by atoms with E-state index in [0.29, 0.717) is 11.1 Å². The zero-order chi connectivity index (χ0) is 50.0. The number of nitrogens with one attached hydrogen (secondary N) is 4. The first-order valence-corrected chi connectivity index (χ1v) is 23.2. The molecule has 0 aromatic heterocycles. The van der Waals surface area contributed by atoms with Gasteiger partial charge in [0.05, 0.1) is 11.1 Å². The highest BCUT2D eigenvalue weighted by Crippen LogP contribution is 2.25. The predicted octanol–water partition coefficient (Wildman–Crippen LogP) is 9.07. The van der Waals surface area contributed by atoms with Gasteiger partial charge in [0.2, 0.25) is 11.8 Å². The van der Waals surface area contributed by atoms with Crippen molar-refractivity contribution in [2.24, 2.45) is 0 Å². The van der Waals surface area contributed by atoms with Crippen LogP contribution in [0.2, 0.25) is 0 Å². The molecule has 0 radical (unpaired) electrons. The fourth-order valence-corrected chi connectivity index (χ4v) is 8.21. The summed E-state index contributed by atoms with van der Waals surface area (Å²) in [5, 5.41) is 15.0. The van der Waals surface area contributed by atoms with Crippen LogP contribution < -0.4 is 21.3 Å². The molecule has 4 N–H and O–H groups in total. The number of hydrogen-bond acceptors (Lipinski definition) is 8. The van der Waals surface area contributed by atoms with Crippen LogP contribution in [0.4, 0.5) is 0 Å². The van der Waals surface area contributed by atoms with Crippen molar-refractivity contribution < 1.29 is 38.2 Å². The van der Waals surface area contributed by atoms with Crippen LogP contribution in [-0.4, -0.2) is 58.9 Å². The number of rotatable bonds is 16. The van der Waals surface area contributed by atoms with Gasteiger partial charge in [0, 0.05) is 12.8 Å². The van der Waals surface area contributed by atoms with Crippen molar-refractivity contribution in [2.45, 2.75) is 89.8 Å². The summed E-state index contributed by atoms with van der Waals surface area (Å²) in [6.45, 7) is 10.4. The van der Waals surface area contributed by atoms with Crippen LogP contribution in [0.3, 0.4) is 0 Å². The minimum absolute atomic E-state index is 0.0105. The maximum absolute atomic E-state index is 14.7. The summed E-state index contributed by atoms with van der Waals surface area (Å²) in [7, 11) is 0. The summed E-state index contributed by atoms with van der Waals surface area (Å²) in [6, 6.07) is 45.2. The molecule has 70 heavy (non-hydrogen) atoms. The summed E-state index contributed by atoms with van der Waals surface area (Å²) in [6.07, 6.45) is 0.0211. The lowest BCUT2D eigenvalue weighted by molar-refractivity contribution is -0.159. The van der Waals surface area contributed by atoms with Gasteiger partial charge in [-0.3, -0.25) is 19.2 Å². The van der Waals surface area contributed by atoms with E-state index in [4.69, 9.17) is 9.47 Å². The Hall–Kier alpha value is -8.12. The minimum Gasteiger partial charge on any atom is -0.458 e. The molecule has 4 atom stereocenters. The van der Waals surface area contributed by atoms with Crippen LogP contribution in [0.5, 0.6) is 0 Å². The SMILES string of the molecule is CC(C)(C)OC(=O)C(NC(=O)C(Cc1cccc2ccccc12)NC(=O)c1ccccc1C(=O)NC(Cc1cccc2ccccc12)C(=O)NC(C(=O)OC(C)(C)C)c1ccccc1)c1ccccc1. The second-order valence-corrected chi connectivity index (χ2v) is 19.1. The molecule has 4 unspecified atom stereocenters. The number of ether oxygens (including phenoxy) is 2. The second-order valence-electron chi connectivity index (χ2n) is 19.1. The topological polar surface area (TPSA) is 169 Å². The van der Waals surface area contributed by atoms with Gasteiger partial charge in [-0.15, -0.1) is 0 Å². The average Bonchev–Trinajstić information content (AvgIpc) is 3.33. The van der Waals surface area contributed by atoms with Crippen LogP contribution >= 0.6 is 0 Å². The fraction of sp³-hybridized carbons (Fsp3) is 0.241. The van der Waals surface area contributed by atoms with Crippen molar-refractivity contribution in [1.82, 2.24) is 21.3 Å². The van der Waals surface area contributed by atoms with Crippen LogP contribution in [0.25, 0.3) is 21.5 Å². The van der Waals surface area contributed by atoms with E-state index in [-0.39, 0.29) is 24.0 Å². The van der Waals surface area contributed by atoms with Gasteiger partial charge in [0.15, 0.2) is 12.1 Å². The molecule has 0 spiro atoms. The van der Waals surface area contributed by atoms with Gasteiger partial charge in [-0.05, 0) is 97.5 Å². The third-order valence-electron chi connectivity index (χ3n) is 11.4. The molecule has 0 aliphatic carbocycles. The summed E-state index contributed by atoms with van der Waals surface area (Å²) in [4.78, 5) is 86.1. The Morgan fingerprint density at radius 3 is 1.10 bits per heavy atom. The monoisotopic (exact) mass is 938 g/mol. The van der Waals surface area contributed by atoms with E-state index >= 15 is 0 Å². The number of fused-ring (bicyclic) bond motifs is 2. The molecular weight excluding hydrogens is 881 g/mol. The minimum atomic E-state index is -1.27. The van der Waals surface area contributed by atoms with Crippen LogP contribution in [0.15, 0.2) is 170 Å². The first-order chi connectivity index (χ1) is 33.4. The van der Waals surface area contributed by atoms with Crippen LogP contribution in [-0.2, 0) is 41.5 Å². The lowest BCUT2D eigenvalue weighted by Gasteiger charge is -2.27. The van der Waals surface area contributed by atoms with E-state index in [1.807, 2.05) is 84.9 Å². The van der Waals surface area contributed by atoms with Crippen LogP contribution in [0.1, 0.15) is 96.6 Å². The highest BCUT2D eigenvalue weighted by atomic mass is 16.6. The van der Waals surface area contributed by atoms with Crippen molar-refractivity contribution in [1.29, 1.82) is 0 Å². The summed E-state index contributed by atoms with van der Waals surface area (Å²) in [5.41, 5.74) is 0.556. The number of amides is 4. The molecule has 0 aliphatic rings. The molecule has 12 heteroatoms. The first kappa shape index (κ1) is 49.8. The Morgan fingerprint density at radius 2 is 0.729 bits per heavy atom. The quantitative estimate of drug-likeness (QED) is 0.0696. The summed E-state index contributed by atoms with van der Waals surface area (Å²) >= 11 is 0. The highest BCUT2D eigenvalue weighted by Gasteiger charge is 2.35. The Bertz CT molecular complexity index is 2800. The standard InChI is InChI=1S/C58H58N4O8/c1-57(2,3)69-55(67)49(39-23-9-7-10-24-39)61-53(65)47(35-41-29-19-27-37-21-13-15-31-43(37)41)59-51(63)45-33-17-18-34-46(45)52(64)60-48(36-42-30-20-28-38-22-14-16-32-44(38)42)54(66)62-50(40-25-11-8-12-26-40)56(68)70-58(4,5)6/h7-34,47-50H,35-36H2,1-6H3,(H,59,63)(H,60,64)(H,61,65)(H,62,66). The molecule has 7 aromatic rings. The first-order valence-electron chi connectivity index (χ1n) is 23.2. The molecule has 7 aromatic carbocycles. The molecule has 358 valence electrons.